The van der Waals surface area contributed by atoms with Crippen molar-refractivity contribution in [3.8, 4) is 28.7 Å². The van der Waals surface area contributed by atoms with Crippen molar-refractivity contribution < 1.29 is 23.7 Å². The Morgan fingerprint density at radius 3 is 2.05 bits per heavy atom. The zero-order chi connectivity index (χ0) is 27.2. The van der Waals surface area contributed by atoms with Gasteiger partial charge < -0.3 is 23.7 Å². The van der Waals surface area contributed by atoms with Crippen LogP contribution < -0.4 is 23.7 Å². The third-order valence-electron chi connectivity index (χ3n) is 7.59. The van der Waals surface area contributed by atoms with E-state index in [-0.39, 0.29) is 12.0 Å². The highest BCUT2D eigenvalue weighted by molar-refractivity contribution is 5.61. The predicted molar refractivity (Wildman–Crippen MR) is 154 cm³/mol. The molecular weight excluding hydrogens is 488 g/mol. The van der Waals surface area contributed by atoms with Crippen LogP contribution in [0.5, 0.6) is 28.7 Å². The summed E-state index contributed by atoms with van der Waals surface area (Å²) in [5.41, 5.74) is 5.75. The lowest BCUT2D eigenvalue weighted by Gasteiger charge is -2.33. The van der Waals surface area contributed by atoms with Crippen LogP contribution in [0.4, 0.5) is 0 Å². The molecule has 0 radical (unpaired) electrons. The van der Waals surface area contributed by atoms with Gasteiger partial charge in [0.15, 0.2) is 11.5 Å². The van der Waals surface area contributed by atoms with E-state index in [1.165, 1.54) is 11.1 Å². The second-order valence-electron chi connectivity index (χ2n) is 9.75. The van der Waals surface area contributed by atoms with Crippen molar-refractivity contribution >= 4 is 0 Å². The Bertz CT molecular complexity index is 1380. The summed E-state index contributed by atoms with van der Waals surface area (Å²) in [6, 6.07) is 29.3. The molecule has 1 aliphatic rings. The molecule has 0 saturated heterocycles. The standard InChI is InChI=1S/C34H36O5/c1-35-29-19-16-25(21-31(29)37-3)28-20-18-27-30(36-2)22-32(38-4)33(34(27)39-28)26(24-13-9-6-10-14-24)17-15-23-11-7-5-8-12-23/h5-14,16,19,21-22,26,28H,15,17-18,20H2,1-4H3/t26-,28-/m0/s1. The molecule has 1 heterocycles. The van der Waals surface area contributed by atoms with E-state index in [1.807, 2.05) is 18.2 Å². The summed E-state index contributed by atoms with van der Waals surface area (Å²) in [4.78, 5) is 0. The molecule has 1 aliphatic heterocycles. The smallest absolute Gasteiger partial charge is 0.161 e. The highest BCUT2D eigenvalue weighted by atomic mass is 16.5. The van der Waals surface area contributed by atoms with Gasteiger partial charge in [-0.2, -0.15) is 0 Å². The molecule has 5 heteroatoms. The highest BCUT2D eigenvalue weighted by Gasteiger charge is 2.33. The lowest BCUT2D eigenvalue weighted by molar-refractivity contribution is 0.170. The molecule has 4 aromatic rings. The lowest BCUT2D eigenvalue weighted by Crippen LogP contribution is -2.19. The molecule has 2 atom stereocenters. The van der Waals surface area contributed by atoms with Gasteiger partial charge in [-0.25, -0.2) is 0 Å². The van der Waals surface area contributed by atoms with Gasteiger partial charge in [-0.15, -0.1) is 0 Å². The number of aryl methyl sites for hydroxylation is 1. The van der Waals surface area contributed by atoms with Crippen LogP contribution in [0.15, 0.2) is 84.9 Å². The fourth-order valence-electron chi connectivity index (χ4n) is 5.61. The minimum Gasteiger partial charge on any atom is -0.496 e. The van der Waals surface area contributed by atoms with Crippen LogP contribution >= 0.6 is 0 Å². The first-order valence-corrected chi connectivity index (χ1v) is 13.4. The maximum atomic E-state index is 6.91. The minimum atomic E-state index is -0.140. The zero-order valence-electron chi connectivity index (χ0n) is 23.1. The SMILES string of the molecule is COc1ccc([C@@H]2CCc3c(OC)cc(OC)c([C@@H](CCc4ccccc4)c4ccccc4)c3O2)cc1OC. The number of rotatable bonds is 10. The number of hydrogen-bond donors (Lipinski definition) is 0. The van der Waals surface area contributed by atoms with Gasteiger partial charge in [0, 0.05) is 23.1 Å². The van der Waals surface area contributed by atoms with Gasteiger partial charge in [-0.1, -0.05) is 66.7 Å². The second kappa shape index (κ2) is 12.2. The fraction of sp³-hybridized carbons (Fsp3) is 0.294. The molecule has 0 amide bonds. The zero-order valence-corrected chi connectivity index (χ0v) is 23.1. The van der Waals surface area contributed by atoms with E-state index in [1.54, 1.807) is 28.4 Å². The first kappa shape index (κ1) is 26.5. The number of fused-ring (bicyclic) bond motifs is 1. The average molecular weight is 525 g/mol. The molecule has 0 aliphatic carbocycles. The van der Waals surface area contributed by atoms with Crippen LogP contribution in [0.3, 0.4) is 0 Å². The molecule has 0 bridgehead atoms. The summed E-state index contributed by atoms with van der Waals surface area (Å²) in [5.74, 6) is 3.90. The van der Waals surface area contributed by atoms with Crippen molar-refractivity contribution in [2.45, 2.75) is 37.7 Å². The highest BCUT2D eigenvalue weighted by Crippen LogP contribution is 2.51. The quantitative estimate of drug-likeness (QED) is 0.214. The van der Waals surface area contributed by atoms with Crippen molar-refractivity contribution in [2.24, 2.45) is 0 Å². The first-order chi connectivity index (χ1) is 19.2. The molecule has 0 N–H and O–H groups in total. The van der Waals surface area contributed by atoms with Crippen LogP contribution in [-0.4, -0.2) is 28.4 Å². The minimum absolute atomic E-state index is 0.0742. The number of benzene rings is 4. The maximum absolute atomic E-state index is 6.91. The predicted octanol–water partition coefficient (Wildman–Crippen LogP) is 7.55. The van der Waals surface area contributed by atoms with E-state index in [0.29, 0.717) is 11.5 Å². The van der Waals surface area contributed by atoms with Gasteiger partial charge in [0.2, 0.25) is 0 Å². The molecule has 0 spiro atoms. The Morgan fingerprint density at radius 2 is 1.38 bits per heavy atom. The Hall–Kier alpha value is -4.12. The van der Waals surface area contributed by atoms with Gasteiger partial charge in [0.25, 0.3) is 0 Å². The fourth-order valence-corrected chi connectivity index (χ4v) is 5.61. The number of ether oxygens (including phenoxy) is 5. The monoisotopic (exact) mass is 524 g/mol. The number of hydrogen-bond acceptors (Lipinski definition) is 5. The van der Waals surface area contributed by atoms with E-state index < -0.39 is 0 Å². The Labute approximate surface area is 231 Å². The number of methoxy groups -OCH3 is 4. The van der Waals surface area contributed by atoms with Gasteiger partial charge in [-0.05, 0) is 54.5 Å². The maximum Gasteiger partial charge on any atom is 0.161 e. The molecule has 202 valence electrons. The van der Waals surface area contributed by atoms with Gasteiger partial charge >= 0.3 is 0 Å². The van der Waals surface area contributed by atoms with E-state index in [9.17, 15) is 0 Å². The molecule has 5 nitrogen and oxygen atoms in total. The third kappa shape index (κ3) is 5.53. The van der Waals surface area contributed by atoms with Crippen molar-refractivity contribution in [1.82, 2.24) is 0 Å². The van der Waals surface area contributed by atoms with E-state index in [0.717, 1.165) is 59.6 Å². The average Bonchev–Trinajstić information content (AvgIpc) is 3.01. The van der Waals surface area contributed by atoms with Crippen molar-refractivity contribution in [3.63, 3.8) is 0 Å². The van der Waals surface area contributed by atoms with Crippen molar-refractivity contribution in [2.75, 3.05) is 28.4 Å². The molecule has 4 aromatic carbocycles. The summed E-state index contributed by atoms with van der Waals surface area (Å²) in [6.07, 6.45) is 3.36. The van der Waals surface area contributed by atoms with Gasteiger partial charge in [-0.3, -0.25) is 0 Å². The normalized spacial score (nSPS) is 15.0. The third-order valence-corrected chi connectivity index (χ3v) is 7.59. The summed E-state index contributed by atoms with van der Waals surface area (Å²) in [6.45, 7) is 0. The summed E-state index contributed by atoms with van der Waals surface area (Å²) in [5, 5.41) is 0. The van der Waals surface area contributed by atoms with Crippen LogP contribution in [0, 0.1) is 0 Å². The topological polar surface area (TPSA) is 46.2 Å². The molecule has 39 heavy (non-hydrogen) atoms. The molecular formula is C34H36O5. The van der Waals surface area contributed by atoms with E-state index in [4.69, 9.17) is 23.7 Å². The van der Waals surface area contributed by atoms with E-state index in [2.05, 4.69) is 66.7 Å². The first-order valence-electron chi connectivity index (χ1n) is 13.4. The Balaban J connectivity index is 1.61. The molecule has 0 aromatic heterocycles. The molecule has 0 saturated carbocycles. The van der Waals surface area contributed by atoms with Crippen LogP contribution in [0.1, 0.15) is 52.7 Å². The van der Waals surface area contributed by atoms with Crippen LogP contribution in [-0.2, 0) is 12.8 Å². The van der Waals surface area contributed by atoms with E-state index >= 15 is 0 Å². The molecule has 0 unspecified atom stereocenters. The Kier molecular flexibility index (Phi) is 8.26. The van der Waals surface area contributed by atoms with Crippen molar-refractivity contribution in [1.29, 1.82) is 0 Å². The lowest BCUT2D eigenvalue weighted by atomic mass is 9.82. The Morgan fingerprint density at radius 1 is 0.718 bits per heavy atom. The van der Waals surface area contributed by atoms with Crippen LogP contribution in [0.2, 0.25) is 0 Å². The largest absolute Gasteiger partial charge is 0.496 e. The summed E-state index contributed by atoms with van der Waals surface area (Å²) in [7, 11) is 6.73. The molecule has 5 rings (SSSR count). The second-order valence-corrected chi connectivity index (χ2v) is 9.75. The van der Waals surface area contributed by atoms with Gasteiger partial charge in [0.05, 0.1) is 28.4 Å². The van der Waals surface area contributed by atoms with Crippen molar-refractivity contribution in [3.05, 3.63) is 113 Å². The van der Waals surface area contributed by atoms with Gasteiger partial charge in [0.1, 0.15) is 23.4 Å². The summed E-state index contributed by atoms with van der Waals surface area (Å²) >= 11 is 0. The summed E-state index contributed by atoms with van der Waals surface area (Å²) < 4.78 is 29.8. The van der Waals surface area contributed by atoms with Crippen LogP contribution in [0.25, 0.3) is 0 Å². The molecule has 0 fully saturated rings.